The van der Waals surface area contributed by atoms with Gasteiger partial charge in [0.1, 0.15) is 0 Å². The standard InChI is InChI=1S/C23H19F6N3O/c24-22(25,26)16-11-14(12-17(13-16)23(27,28)29)10-15-6-8-30-19-7-9-31-32(21(33)20(15)19)18-4-2-1-3-5-18/h1-5,7,9,11-13,15,20,31H,6,8,10H2. The number of fused-ring (bicyclic) bond motifs is 1. The van der Waals surface area contributed by atoms with Crippen LogP contribution < -0.4 is 10.4 Å². The van der Waals surface area contributed by atoms with Crippen molar-refractivity contribution in [1.29, 1.82) is 0 Å². The van der Waals surface area contributed by atoms with Gasteiger partial charge in [-0.15, -0.1) is 0 Å². The molecule has 1 N–H and O–H groups in total. The third-order valence-corrected chi connectivity index (χ3v) is 5.69. The van der Waals surface area contributed by atoms with E-state index in [0.29, 0.717) is 24.4 Å². The Kier molecular flexibility index (Phi) is 5.94. The lowest BCUT2D eigenvalue weighted by atomic mass is 9.78. The fourth-order valence-electron chi connectivity index (χ4n) is 4.19. The normalized spacial score (nSPS) is 21.2. The Morgan fingerprint density at radius 3 is 2.21 bits per heavy atom. The number of hydrogen-bond acceptors (Lipinski definition) is 3. The summed E-state index contributed by atoms with van der Waals surface area (Å²) >= 11 is 0. The topological polar surface area (TPSA) is 44.7 Å². The molecule has 1 amide bonds. The minimum absolute atomic E-state index is 0.109. The lowest BCUT2D eigenvalue weighted by Gasteiger charge is -2.32. The highest BCUT2D eigenvalue weighted by Crippen LogP contribution is 2.38. The van der Waals surface area contributed by atoms with E-state index in [4.69, 9.17) is 0 Å². The van der Waals surface area contributed by atoms with Gasteiger partial charge in [-0.2, -0.15) is 26.3 Å². The summed E-state index contributed by atoms with van der Waals surface area (Å²) in [6.45, 7) is 0.324. The lowest BCUT2D eigenvalue weighted by molar-refractivity contribution is -0.143. The highest BCUT2D eigenvalue weighted by atomic mass is 19.4. The van der Waals surface area contributed by atoms with Gasteiger partial charge in [-0.1, -0.05) is 18.2 Å². The number of para-hydroxylation sites is 1. The van der Waals surface area contributed by atoms with Crippen LogP contribution in [0.2, 0.25) is 0 Å². The number of alkyl halides is 6. The molecule has 0 aliphatic carbocycles. The number of nitrogens with zero attached hydrogens (tertiary/aromatic N) is 2. The molecule has 2 aromatic carbocycles. The van der Waals surface area contributed by atoms with Gasteiger partial charge >= 0.3 is 12.4 Å². The van der Waals surface area contributed by atoms with E-state index in [1.54, 1.807) is 36.4 Å². The second-order valence-corrected chi connectivity index (χ2v) is 7.92. The molecule has 33 heavy (non-hydrogen) atoms. The molecule has 2 aromatic rings. The Labute approximate surface area is 185 Å². The maximum atomic E-state index is 13.4. The first-order valence-corrected chi connectivity index (χ1v) is 10.2. The third kappa shape index (κ3) is 4.89. The Balaban J connectivity index is 1.69. The molecule has 0 saturated carbocycles. The van der Waals surface area contributed by atoms with Gasteiger partial charge in [0.2, 0.25) is 0 Å². The monoisotopic (exact) mass is 467 g/mol. The van der Waals surface area contributed by atoms with E-state index in [2.05, 4.69) is 10.4 Å². The summed E-state index contributed by atoms with van der Waals surface area (Å²) in [5.41, 5.74) is 1.02. The van der Waals surface area contributed by atoms with Crippen molar-refractivity contribution in [3.8, 4) is 0 Å². The molecule has 0 bridgehead atoms. The fourth-order valence-corrected chi connectivity index (χ4v) is 4.19. The summed E-state index contributed by atoms with van der Waals surface area (Å²) in [7, 11) is 0. The molecule has 4 nitrogen and oxygen atoms in total. The van der Waals surface area contributed by atoms with Crippen molar-refractivity contribution in [2.24, 2.45) is 16.8 Å². The summed E-state index contributed by atoms with van der Waals surface area (Å²) in [4.78, 5) is 17.8. The molecule has 0 radical (unpaired) electrons. The summed E-state index contributed by atoms with van der Waals surface area (Å²) in [5, 5.41) is 1.31. The number of carbonyl (C=O) groups excluding carboxylic acids is 1. The predicted octanol–water partition coefficient (Wildman–Crippen LogP) is 5.41. The van der Waals surface area contributed by atoms with Gasteiger partial charge < -0.3 is 0 Å². The maximum absolute atomic E-state index is 13.4. The number of nitrogens with one attached hydrogen (secondary N) is 1. The summed E-state index contributed by atoms with van der Waals surface area (Å²) in [5.74, 6) is -1.71. The molecule has 0 spiro atoms. The smallest absolute Gasteiger partial charge is 0.299 e. The van der Waals surface area contributed by atoms with Crippen molar-refractivity contribution in [1.82, 2.24) is 5.43 Å². The highest BCUT2D eigenvalue weighted by molar-refractivity contribution is 6.15. The van der Waals surface area contributed by atoms with Crippen LogP contribution in [-0.2, 0) is 23.6 Å². The molecule has 10 heteroatoms. The number of benzene rings is 2. The minimum Gasteiger partial charge on any atom is -0.299 e. The number of allylic oxidation sites excluding steroid dienone is 1. The SMILES string of the molecule is O=C1C2C(=NCCC2Cc2cc(C(F)(F)F)cc(C(F)(F)F)c2)C=CNN1c1ccccc1. The van der Waals surface area contributed by atoms with Crippen LogP contribution in [0.5, 0.6) is 0 Å². The third-order valence-electron chi connectivity index (χ3n) is 5.69. The molecule has 2 aliphatic rings. The molecule has 0 fully saturated rings. The van der Waals surface area contributed by atoms with Crippen molar-refractivity contribution in [2.75, 3.05) is 11.6 Å². The summed E-state index contributed by atoms with van der Waals surface area (Å²) in [6, 6.07) is 10.3. The number of amides is 1. The van der Waals surface area contributed by atoms with Crippen LogP contribution in [0.4, 0.5) is 32.0 Å². The molecule has 2 heterocycles. The van der Waals surface area contributed by atoms with Gasteiger partial charge in [0.05, 0.1) is 22.7 Å². The van der Waals surface area contributed by atoms with Crippen LogP contribution in [-0.4, -0.2) is 18.2 Å². The van der Waals surface area contributed by atoms with Crippen LogP contribution in [0.1, 0.15) is 23.1 Å². The van der Waals surface area contributed by atoms with Gasteiger partial charge in [-0.3, -0.25) is 15.2 Å². The minimum atomic E-state index is -4.93. The lowest BCUT2D eigenvalue weighted by Crippen LogP contribution is -2.47. The zero-order chi connectivity index (χ0) is 23.8. The summed E-state index contributed by atoms with van der Waals surface area (Å²) in [6.07, 6.45) is -6.47. The van der Waals surface area contributed by atoms with Crippen LogP contribution in [0, 0.1) is 11.8 Å². The quantitative estimate of drug-likeness (QED) is 0.614. The van der Waals surface area contributed by atoms with E-state index in [1.807, 2.05) is 0 Å². The van der Waals surface area contributed by atoms with E-state index in [1.165, 1.54) is 11.2 Å². The molecule has 2 atom stereocenters. The number of rotatable bonds is 3. The molecule has 0 aromatic heterocycles. The van der Waals surface area contributed by atoms with Crippen molar-refractivity contribution in [2.45, 2.75) is 25.2 Å². The van der Waals surface area contributed by atoms with E-state index < -0.39 is 35.3 Å². The van der Waals surface area contributed by atoms with Crippen LogP contribution >= 0.6 is 0 Å². The first-order valence-electron chi connectivity index (χ1n) is 10.2. The van der Waals surface area contributed by atoms with Gasteiger partial charge in [0, 0.05) is 18.5 Å². The maximum Gasteiger partial charge on any atom is 0.416 e. The van der Waals surface area contributed by atoms with Crippen molar-refractivity contribution >= 4 is 17.3 Å². The Morgan fingerprint density at radius 1 is 0.970 bits per heavy atom. The van der Waals surface area contributed by atoms with Gasteiger partial charge in [-0.25, -0.2) is 5.01 Å². The Hall–Kier alpha value is -3.30. The molecule has 2 unspecified atom stereocenters. The van der Waals surface area contributed by atoms with Crippen molar-refractivity contribution < 1.29 is 31.1 Å². The Morgan fingerprint density at radius 2 is 1.61 bits per heavy atom. The molecular formula is C23H19F6N3O. The average molecular weight is 467 g/mol. The molecule has 174 valence electrons. The highest BCUT2D eigenvalue weighted by Gasteiger charge is 2.40. The zero-order valence-corrected chi connectivity index (χ0v) is 17.1. The van der Waals surface area contributed by atoms with Crippen LogP contribution in [0.3, 0.4) is 0 Å². The second-order valence-electron chi connectivity index (χ2n) is 7.92. The molecular weight excluding hydrogens is 448 g/mol. The van der Waals surface area contributed by atoms with Crippen LogP contribution in [0.15, 0.2) is 65.8 Å². The first-order chi connectivity index (χ1) is 15.5. The Bertz CT molecular complexity index is 1060. The number of halogens is 6. The van der Waals surface area contributed by atoms with E-state index in [0.717, 1.165) is 12.1 Å². The van der Waals surface area contributed by atoms with Crippen molar-refractivity contribution in [3.05, 3.63) is 77.5 Å². The van der Waals surface area contributed by atoms with E-state index in [9.17, 15) is 31.1 Å². The van der Waals surface area contributed by atoms with E-state index in [-0.39, 0.29) is 24.0 Å². The molecule has 0 saturated heterocycles. The predicted molar refractivity (Wildman–Crippen MR) is 110 cm³/mol. The summed E-state index contributed by atoms with van der Waals surface area (Å²) < 4.78 is 79.6. The van der Waals surface area contributed by atoms with Crippen molar-refractivity contribution in [3.63, 3.8) is 0 Å². The van der Waals surface area contributed by atoms with Gasteiger partial charge in [-0.05, 0) is 60.7 Å². The average Bonchev–Trinajstić information content (AvgIpc) is 2.92. The number of carbonyl (C=O) groups is 1. The first kappa shape index (κ1) is 22.9. The molecule has 2 aliphatic heterocycles. The van der Waals surface area contributed by atoms with E-state index >= 15 is 0 Å². The van der Waals surface area contributed by atoms with Gasteiger partial charge in [0.15, 0.2) is 0 Å². The molecule has 4 rings (SSSR count). The fraction of sp³-hybridized carbons (Fsp3) is 0.304. The number of hydrogen-bond donors (Lipinski definition) is 1. The van der Waals surface area contributed by atoms with Crippen LogP contribution in [0.25, 0.3) is 0 Å². The second kappa shape index (κ2) is 8.57. The number of anilines is 1. The number of hydrazine groups is 1. The van der Waals surface area contributed by atoms with Gasteiger partial charge in [0.25, 0.3) is 5.91 Å². The number of aliphatic imine (C=N–C) groups is 1. The largest absolute Gasteiger partial charge is 0.416 e. The zero-order valence-electron chi connectivity index (χ0n) is 17.1.